The Hall–Kier alpha value is -2.99. The van der Waals surface area contributed by atoms with Gasteiger partial charge in [-0.15, -0.1) is 11.3 Å². The van der Waals surface area contributed by atoms with Crippen molar-refractivity contribution in [3.05, 3.63) is 64.7 Å². The summed E-state index contributed by atoms with van der Waals surface area (Å²) in [6, 6.07) is 14.4. The largest absolute Gasteiger partial charge is 0.550 e. The third-order valence-electron chi connectivity index (χ3n) is 3.60. The second-order valence-corrected chi connectivity index (χ2v) is 6.31. The van der Waals surface area contributed by atoms with Crippen molar-refractivity contribution < 1.29 is 19.4 Å². The molecular weight excluding hydrogens is 338 g/mol. The van der Waals surface area contributed by atoms with E-state index in [-0.39, 0.29) is 6.42 Å². The molecule has 0 bridgehead atoms. The highest BCUT2D eigenvalue weighted by atomic mass is 32.1. The van der Waals surface area contributed by atoms with E-state index in [0.29, 0.717) is 21.7 Å². The molecule has 126 valence electrons. The second-order valence-electron chi connectivity index (χ2n) is 5.28. The molecule has 6 heteroatoms. The number of esters is 1. The number of aliphatic carboxylic acids is 1. The van der Waals surface area contributed by atoms with Crippen LogP contribution in [-0.2, 0) is 9.53 Å². The molecule has 1 aromatic heterocycles. The first kappa shape index (κ1) is 16.9. The zero-order chi connectivity index (χ0) is 17.8. The van der Waals surface area contributed by atoms with Crippen LogP contribution in [0, 0.1) is 0 Å². The van der Waals surface area contributed by atoms with Crippen molar-refractivity contribution in [3.63, 3.8) is 0 Å². The fourth-order valence-electron chi connectivity index (χ4n) is 2.46. The van der Waals surface area contributed by atoms with E-state index >= 15 is 0 Å². The van der Waals surface area contributed by atoms with Gasteiger partial charge >= 0.3 is 5.97 Å². The number of carboxylic acid groups (broad SMARTS) is 1. The van der Waals surface area contributed by atoms with Crippen LogP contribution in [0.2, 0.25) is 0 Å². The number of para-hydroxylation sites is 1. The maximum absolute atomic E-state index is 11.9. The smallest absolute Gasteiger partial charge is 0.338 e. The van der Waals surface area contributed by atoms with E-state index < -0.39 is 11.9 Å². The van der Waals surface area contributed by atoms with Gasteiger partial charge in [0.1, 0.15) is 5.01 Å². The van der Waals surface area contributed by atoms with Crippen molar-refractivity contribution in [2.24, 2.45) is 0 Å². The maximum atomic E-state index is 11.9. The lowest BCUT2D eigenvalue weighted by atomic mass is 10.0. The molecule has 0 saturated heterocycles. The van der Waals surface area contributed by atoms with E-state index in [0.717, 1.165) is 10.2 Å². The number of fused-ring (bicyclic) bond motifs is 1. The van der Waals surface area contributed by atoms with Crippen LogP contribution in [0.15, 0.2) is 48.5 Å². The quantitative estimate of drug-likeness (QED) is 0.660. The van der Waals surface area contributed by atoms with Gasteiger partial charge in [0.05, 0.1) is 22.9 Å². The third-order valence-corrected chi connectivity index (χ3v) is 4.71. The Kier molecular flexibility index (Phi) is 4.90. The summed E-state index contributed by atoms with van der Waals surface area (Å²) in [5.41, 5.74) is 2.22. The molecule has 3 aromatic rings. The van der Waals surface area contributed by atoms with Gasteiger partial charge in [0.25, 0.3) is 0 Å². The third kappa shape index (κ3) is 3.75. The van der Waals surface area contributed by atoms with Crippen LogP contribution in [0.5, 0.6) is 0 Å². The summed E-state index contributed by atoms with van der Waals surface area (Å²) in [5.74, 6) is -1.69. The van der Waals surface area contributed by atoms with Crippen molar-refractivity contribution >= 4 is 45.1 Å². The highest BCUT2D eigenvalue weighted by Crippen LogP contribution is 2.30. The molecule has 0 atom stereocenters. The Labute approximate surface area is 148 Å². The number of benzene rings is 2. The van der Waals surface area contributed by atoms with Gasteiger partial charge in [0, 0.05) is 12.4 Å². The first-order valence-electron chi connectivity index (χ1n) is 7.52. The van der Waals surface area contributed by atoms with Crippen molar-refractivity contribution in [1.29, 1.82) is 0 Å². The number of aromatic nitrogens is 1. The van der Waals surface area contributed by atoms with Gasteiger partial charge in [-0.1, -0.05) is 30.3 Å². The second kappa shape index (κ2) is 7.27. The molecule has 1 heterocycles. The Bertz CT molecular complexity index is 941. The number of ether oxygens (including phenoxy) is 1. The summed E-state index contributed by atoms with van der Waals surface area (Å²) in [4.78, 5) is 27.6. The van der Waals surface area contributed by atoms with Crippen LogP contribution >= 0.6 is 11.3 Å². The lowest BCUT2D eigenvalue weighted by Crippen LogP contribution is -2.22. The number of nitrogens with zero attached hydrogens (tertiary/aromatic N) is 1. The number of hydrogen-bond acceptors (Lipinski definition) is 6. The molecule has 0 aliphatic rings. The molecular formula is C19H14NO4S-. The predicted octanol–water partition coefficient (Wildman–Crippen LogP) is 2.76. The molecule has 25 heavy (non-hydrogen) atoms. The van der Waals surface area contributed by atoms with Gasteiger partial charge in [0.2, 0.25) is 0 Å². The highest BCUT2D eigenvalue weighted by molar-refractivity contribution is 7.19. The topological polar surface area (TPSA) is 79.3 Å². The highest BCUT2D eigenvalue weighted by Gasteiger charge is 2.13. The zero-order valence-electron chi connectivity index (χ0n) is 13.4. The summed E-state index contributed by atoms with van der Waals surface area (Å²) in [5, 5.41) is 11.8. The first-order valence-corrected chi connectivity index (χ1v) is 8.34. The minimum atomic E-state index is -1.21. The number of rotatable bonds is 5. The Balaban J connectivity index is 2.11. The molecule has 3 rings (SSSR count). The first-order chi connectivity index (χ1) is 12.1. The molecule has 0 aliphatic carbocycles. The summed E-state index contributed by atoms with van der Waals surface area (Å²) in [6.45, 7) is 0. The molecule has 0 spiro atoms. The van der Waals surface area contributed by atoms with E-state index in [1.807, 2.05) is 24.3 Å². The van der Waals surface area contributed by atoms with Crippen LogP contribution in [0.3, 0.4) is 0 Å². The number of thiazole rings is 1. The monoisotopic (exact) mass is 352 g/mol. The Morgan fingerprint density at radius 2 is 1.88 bits per heavy atom. The predicted molar refractivity (Wildman–Crippen MR) is 94.9 cm³/mol. The number of carboxylic acids is 1. The molecule has 0 unspecified atom stereocenters. The van der Waals surface area contributed by atoms with E-state index in [9.17, 15) is 14.7 Å². The fraction of sp³-hybridized carbons (Fsp3) is 0.105. The molecule has 0 aliphatic heterocycles. The normalized spacial score (nSPS) is 11.5. The molecule has 0 radical (unpaired) electrons. The van der Waals surface area contributed by atoms with Crippen LogP contribution in [0.1, 0.15) is 27.3 Å². The van der Waals surface area contributed by atoms with Crippen molar-refractivity contribution in [2.45, 2.75) is 6.42 Å². The van der Waals surface area contributed by atoms with Crippen LogP contribution in [0.4, 0.5) is 0 Å². The van der Waals surface area contributed by atoms with Gasteiger partial charge in [0.15, 0.2) is 0 Å². The number of hydrogen-bond donors (Lipinski definition) is 0. The zero-order valence-corrected chi connectivity index (χ0v) is 14.2. The van der Waals surface area contributed by atoms with Gasteiger partial charge in [-0.2, -0.15) is 0 Å². The SMILES string of the molecule is COC(=O)c1ccccc1/C=C(\CC(=O)[O-])c1nc2ccccc2s1. The van der Waals surface area contributed by atoms with Gasteiger partial charge in [-0.3, -0.25) is 0 Å². The standard InChI is InChI=1S/C19H15NO4S/c1-24-19(23)14-7-3-2-6-12(14)10-13(11-17(21)22)18-20-15-8-4-5-9-16(15)25-18/h2-10H,11H2,1H3,(H,21,22)/p-1/b13-10+. The summed E-state index contributed by atoms with van der Waals surface area (Å²) in [6.07, 6.45) is 1.36. The van der Waals surface area contributed by atoms with Crippen molar-refractivity contribution in [2.75, 3.05) is 7.11 Å². The molecule has 0 fully saturated rings. The van der Waals surface area contributed by atoms with Gasteiger partial charge < -0.3 is 14.6 Å². The number of carbonyl (C=O) groups excluding carboxylic acids is 2. The van der Waals surface area contributed by atoms with Crippen molar-refractivity contribution in [3.8, 4) is 0 Å². The summed E-state index contributed by atoms with van der Waals surface area (Å²) < 4.78 is 5.74. The van der Waals surface area contributed by atoms with E-state index in [2.05, 4.69) is 4.98 Å². The summed E-state index contributed by atoms with van der Waals surface area (Å²) in [7, 11) is 1.30. The summed E-state index contributed by atoms with van der Waals surface area (Å²) >= 11 is 1.40. The van der Waals surface area contributed by atoms with Gasteiger partial charge in [-0.25, -0.2) is 9.78 Å². The number of carbonyl (C=O) groups is 2. The molecule has 0 N–H and O–H groups in total. The molecule has 2 aromatic carbocycles. The minimum absolute atomic E-state index is 0.296. The molecule has 5 nitrogen and oxygen atoms in total. The van der Waals surface area contributed by atoms with E-state index in [4.69, 9.17) is 4.74 Å². The van der Waals surface area contributed by atoms with Crippen LogP contribution < -0.4 is 5.11 Å². The van der Waals surface area contributed by atoms with Crippen molar-refractivity contribution in [1.82, 2.24) is 4.98 Å². The van der Waals surface area contributed by atoms with Gasteiger partial charge in [-0.05, 0) is 35.4 Å². The van der Waals surface area contributed by atoms with Crippen LogP contribution in [0.25, 0.3) is 21.9 Å². The van der Waals surface area contributed by atoms with E-state index in [1.54, 1.807) is 30.3 Å². The minimum Gasteiger partial charge on any atom is -0.550 e. The molecule has 0 amide bonds. The van der Waals surface area contributed by atoms with Crippen LogP contribution in [-0.4, -0.2) is 24.0 Å². The average Bonchev–Trinajstić information content (AvgIpc) is 3.04. The Morgan fingerprint density at radius 3 is 2.60 bits per heavy atom. The average molecular weight is 352 g/mol. The Morgan fingerprint density at radius 1 is 1.16 bits per heavy atom. The molecule has 0 saturated carbocycles. The lowest BCUT2D eigenvalue weighted by molar-refractivity contribution is -0.304. The number of methoxy groups -OCH3 is 1. The maximum Gasteiger partial charge on any atom is 0.338 e. The van der Waals surface area contributed by atoms with E-state index in [1.165, 1.54) is 18.4 Å². The lowest BCUT2D eigenvalue weighted by Gasteiger charge is -2.08. The fourth-order valence-corrected chi connectivity index (χ4v) is 3.44.